The number of ether oxygens (including phenoxy) is 1. The number of carbonyl (C=O) groups excluding carboxylic acids is 2. The van der Waals surface area contributed by atoms with Crippen molar-refractivity contribution in [3.8, 4) is 5.88 Å². The Morgan fingerprint density at radius 1 is 1.25 bits per heavy atom. The van der Waals surface area contributed by atoms with Crippen molar-refractivity contribution in [2.45, 2.75) is 19.3 Å². The first-order valence-corrected chi connectivity index (χ1v) is 8.23. The van der Waals surface area contributed by atoms with Crippen molar-refractivity contribution in [1.82, 2.24) is 34.3 Å². The second-order valence-corrected chi connectivity index (χ2v) is 6.38. The highest BCUT2D eigenvalue weighted by Crippen LogP contribution is 2.29. The van der Waals surface area contributed by atoms with E-state index in [1.165, 1.54) is 20.5 Å². The van der Waals surface area contributed by atoms with E-state index in [0.717, 1.165) is 4.57 Å². The molecule has 0 aliphatic carbocycles. The smallest absolute Gasteiger partial charge is 0.451 e. The van der Waals surface area contributed by atoms with Gasteiger partial charge in [0.25, 0.3) is 11.8 Å². The van der Waals surface area contributed by atoms with Crippen LogP contribution < -0.4 is 4.74 Å². The van der Waals surface area contributed by atoms with E-state index in [2.05, 4.69) is 15.3 Å². The summed E-state index contributed by atoms with van der Waals surface area (Å²) >= 11 is 0. The standard InChI is InChI=1S/C15H18F3N7O3/c1-22(2)11(26)8-28-12-6-9(21-23(12)3)13(27)24-4-5-25-10(7-24)19-20-14(25)15(16,17)18/h6H,4-5,7-8H2,1-3H3. The number of rotatable bonds is 4. The molecular weight excluding hydrogens is 383 g/mol. The normalized spacial score (nSPS) is 14.0. The molecular formula is C15H18F3N7O3. The Hall–Kier alpha value is -3.12. The van der Waals surface area contributed by atoms with Crippen molar-refractivity contribution in [2.24, 2.45) is 7.05 Å². The van der Waals surface area contributed by atoms with Crippen LogP contribution in [-0.4, -0.2) is 73.4 Å². The van der Waals surface area contributed by atoms with Crippen LogP contribution in [0.3, 0.4) is 0 Å². The largest absolute Gasteiger partial charge is 0.468 e. The third-order valence-corrected chi connectivity index (χ3v) is 4.19. The molecule has 3 heterocycles. The van der Waals surface area contributed by atoms with E-state index >= 15 is 0 Å². The third-order valence-electron chi connectivity index (χ3n) is 4.19. The Balaban J connectivity index is 1.71. The lowest BCUT2D eigenvalue weighted by atomic mass is 10.3. The fourth-order valence-corrected chi connectivity index (χ4v) is 2.66. The van der Waals surface area contributed by atoms with Crippen LogP contribution in [0, 0.1) is 0 Å². The van der Waals surface area contributed by atoms with Gasteiger partial charge in [-0.25, -0.2) is 4.68 Å². The van der Waals surface area contributed by atoms with Gasteiger partial charge in [-0.15, -0.1) is 10.2 Å². The molecule has 0 spiro atoms. The quantitative estimate of drug-likeness (QED) is 0.724. The van der Waals surface area contributed by atoms with Gasteiger partial charge < -0.3 is 19.1 Å². The molecule has 0 fully saturated rings. The van der Waals surface area contributed by atoms with Crippen LogP contribution in [0.2, 0.25) is 0 Å². The Kier molecular flexibility index (Phi) is 5.00. The Labute approximate surface area is 157 Å². The van der Waals surface area contributed by atoms with E-state index in [0.29, 0.717) is 0 Å². The minimum atomic E-state index is -4.60. The summed E-state index contributed by atoms with van der Waals surface area (Å²) in [5.74, 6) is -1.54. The fraction of sp³-hybridized carbons (Fsp3) is 0.533. The minimum absolute atomic E-state index is 0.0518. The van der Waals surface area contributed by atoms with E-state index in [4.69, 9.17) is 4.74 Å². The van der Waals surface area contributed by atoms with Crippen LogP contribution in [0.1, 0.15) is 22.1 Å². The molecule has 1 aliphatic rings. The first-order chi connectivity index (χ1) is 13.1. The number of likely N-dealkylation sites (N-methyl/N-ethyl adjacent to an activating group) is 1. The van der Waals surface area contributed by atoms with Gasteiger partial charge in [-0.1, -0.05) is 0 Å². The second-order valence-electron chi connectivity index (χ2n) is 6.38. The number of nitrogens with zero attached hydrogens (tertiary/aromatic N) is 7. The van der Waals surface area contributed by atoms with Gasteiger partial charge in [0, 0.05) is 40.3 Å². The maximum Gasteiger partial charge on any atom is 0.451 e. The average molecular weight is 401 g/mol. The molecule has 0 radical (unpaired) electrons. The fourth-order valence-electron chi connectivity index (χ4n) is 2.66. The zero-order valence-corrected chi connectivity index (χ0v) is 15.4. The Morgan fingerprint density at radius 2 is 1.96 bits per heavy atom. The lowest BCUT2D eigenvalue weighted by molar-refractivity contribution is -0.147. The molecule has 0 bridgehead atoms. The van der Waals surface area contributed by atoms with Gasteiger partial charge >= 0.3 is 6.18 Å². The molecule has 2 aromatic heterocycles. The van der Waals surface area contributed by atoms with Crippen LogP contribution in [0.4, 0.5) is 13.2 Å². The number of hydrogen-bond acceptors (Lipinski definition) is 6. The lowest BCUT2D eigenvalue weighted by Gasteiger charge is -2.27. The number of hydrogen-bond donors (Lipinski definition) is 0. The first-order valence-electron chi connectivity index (χ1n) is 8.23. The predicted octanol–water partition coefficient (Wildman–Crippen LogP) is 0.153. The van der Waals surface area contributed by atoms with Crippen molar-refractivity contribution in [3.63, 3.8) is 0 Å². The summed E-state index contributed by atoms with van der Waals surface area (Å²) in [7, 11) is 4.72. The molecule has 0 saturated carbocycles. The highest BCUT2D eigenvalue weighted by molar-refractivity contribution is 5.92. The maximum atomic E-state index is 12.9. The van der Waals surface area contributed by atoms with E-state index in [9.17, 15) is 22.8 Å². The van der Waals surface area contributed by atoms with E-state index < -0.39 is 17.9 Å². The molecule has 3 rings (SSSR count). The van der Waals surface area contributed by atoms with Crippen LogP contribution in [-0.2, 0) is 31.1 Å². The Morgan fingerprint density at radius 3 is 2.61 bits per heavy atom. The number of halogens is 3. The summed E-state index contributed by atoms with van der Waals surface area (Å²) in [5.41, 5.74) is 0.0545. The van der Waals surface area contributed by atoms with E-state index in [1.807, 2.05) is 0 Å². The number of aryl methyl sites for hydroxylation is 1. The lowest BCUT2D eigenvalue weighted by Crippen LogP contribution is -2.39. The number of amides is 2. The van der Waals surface area contributed by atoms with Crippen LogP contribution in [0.15, 0.2) is 6.07 Å². The molecule has 2 aromatic rings. The van der Waals surface area contributed by atoms with E-state index in [1.54, 1.807) is 21.1 Å². The number of fused-ring (bicyclic) bond motifs is 1. The number of aromatic nitrogens is 5. The van der Waals surface area contributed by atoms with Gasteiger partial charge in [0.2, 0.25) is 11.7 Å². The molecule has 0 N–H and O–H groups in total. The first kappa shape index (κ1) is 19.6. The van der Waals surface area contributed by atoms with Crippen molar-refractivity contribution >= 4 is 11.8 Å². The summed E-state index contributed by atoms with van der Waals surface area (Å²) in [6, 6.07) is 1.38. The molecule has 0 unspecified atom stereocenters. The van der Waals surface area contributed by atoms with Crippen molar-refractivity contribution in [1.29, 1.82) is 0 Å². The van der Waals surface area contributed by atoms with Crippen molar-refractivity contribution in [3.05, 3.63) is 23.4 Å². The number of carbonyl (C=O) groups is 2. The van der Waals surface area contributed by atoms with Crippen molar-refractivity contribution in [2.75, 3.05) is 27.2 Å². The van der Waals surface area contributed by atoms with Crippen LogP contribution in [0.5, 0.6) is 5.88 Å². The maximum absolute atomic E-state index is 12.9. The van der Waals surface area contributed by atoms with Crippen LogP contribution in [0.25, 0.3) is 0 Å². The average Bonchev–Trinajstić information content (AvgIpc) is 3.21. The molecule has 2 amide bonds. The number of alkyl halides is 3. The van der Waals surface area contributed by atoms with Gasteiger partial charge in [-0.3, -0.25) is 9.59 Å². The van der Waals surface area contributed by atoms with Gasteiger partial charge in [0.15, 0.2) is 18.1 Å². The minimum Gasteiger partial charge on any atom is -0.468 e. The summed E-state index contributed by atoms with van der Waals surface area (Å²) in [6.07, 6.45) is -4.60. The SMILES string of the molecule is CN(C)C(=O)COc1cc(C(=O)N2CCn3c(nnc3C(F)(F)F)C2)nn1C. The van der Waals surface area contributed by atoms with Crippen molar-refractivity contribution < 1.29 is 27.5 Å². The van der Waals surface area contributed by atoms with E-state index in [-0.39, 0.29) is 49.5 Å². The molecule has 0 atom stereocenters. The zero-order valence-electron chi connectivity index (χ0n) is 15.4. The molecule has 1 aliphatic heterocycles. The van der Waals surface area contributed by atoms with Gasteiger partial charge in [0.05, 0.1) is 6.54 Å². The summed E-state index contributed by atoms with van der Waals surface area (Å²) in [6.45, 7) is -0.351. The molecule has 152 valence electrons. The monoisotopic (exact) mass is 401 g/mol. The predicted molar refractivity (Wildman–Crippen MR) is 87.2 cm³/mol. The topological polar surface area (TPSA) is 98.4 Å². The van der Waals surface area contributed by atoms with Gasteiger partial charge in [-0.2, -0.15) is 18.3 Å². The van der Waals surface area contributed by atoms with Crippen LogP contribution >= 0.6 is 0 Å². The molecule has 13 heteroatoms. The highest BCUT2D eigenvalue weighted by Gasteiger charge is 2.40. The molecule has 0 saturated heterocycles. The highest BCUT2D eigenvalue weighted by atomic mass is 19.4. The summed E-state index contributed by atoms with van der Waals surface area (Å²) in [4.78, 5) is 27.0. The molecule has 10 nitrogen and oxygen atoms in total. The third kappa shape index (κ3) is 3.77. The zero-order chi connectivity index (χ0) is 20.6. The molecule has 0 aromatic carbocycles. The second kappa shape index (κ2) is 7.13. The summed E-state index contributed by atoms with van der Waals surface area (Å²) < 4.78 is 46.3. The van der Waals surface area contributed by atoms with Gasteiger partial charge in [-0.05, 0) is 0 Å². The Bertz CT molecular complexity index is 903. The molecule has 28 heavy (non-hydrogen) atoms. The van der Waals surface area contributed by atoms with Gasteiger partial charge in [0.1, 0.15) is 0 Å². The summed E-state index contributed by atoms with van der Waals surface area (Å²) in [5, 5.41) is 10.8.